The van der Waals surface area contributed by atoms with Gasteiger partial charge in [0.1, 0.15) is 6.33 Å². The molecule has 0 spiro atoms. The van der Waals surface area contributed by atoms with Gasteiger partial charge in [0.25, 0.3) is 5.69 Å². The lowest BCUT2D eigenvalue weighted by Gasteiger charge is -2.08. The molecule has 104 valence electrons. The molecule has 2 rings (SSSR count). The predicted molar refractivity (Wildman–Crippen MR) is 68.4 cm³/mol. The lowest BCUT2D eigenvalue weighted by molar-refractivity contribution is -0.384. The molecule has 0 saturated carbocycles. The average molecular weight is 277 g/mol. The number of aromatic nitrogens is 3. The molecular weight excluding hydrogens is 266 g/mol. The molecule has 0 bridgehead atoms. The van der Waals surface area contributed by atoms with E-state index in [0.29, 0.717) is 5.82 Å². The zero-order valence-corrected chi connectivity index (χ0v) is 10.5. The first-order valence-electron chi connectivity index (χ1n) is 5.57. The molecular formula is C11H11N5O4. The Morgan fingerprint density at radius 3 is 2.85 bits per heavy atom. The Bertz CT molecular complexity index is 667. The van der Waals surface area contributed by atoms with Gasteiger partial charge in [0, 0.05) is 19.2 Å². The van der Waals surface area contributed by atoms with Crippen molar-refractivity contribution in [2.75, 3.05) is 5.32 Å². The van der Waals surface area contributed by atoms with Crippen LogP contribution in [0.3, 0.4) is 0 Å². The molecule has 0 atom stereocenters. The summed E-state index contributed by atoms with van der Waals surface area (Å²) in [5.41, 5.74) is -0.0667. The van der Waals surface area contributed by atoms with Crippen LogP contribution in [-0.2, 0) is 13.6 Å². The lowest BCUT2D eigenvalue weighted by atomic mass is 10.1. The Kier molecular flexibility index (Phi) is 3.60. The minimum atomic E-state index is -1.17. The first kappa shape index (κ1) is 13.5. The number of aromatic carboxylic acids is 1. The molecule has 0 saturated heterocycles. The minimum Gasteiger partial charge on any atom is -0.478 e. The van der Waals surface area contributed by atoms with Crippen LogP contribution in [0.15, 0.2) is 24.5 Å². The van der Waals surface area contributed by atoms with E-state index in [-0.39, 0.29) is 23.5 Å². The number of nitrogens with one attached hydrogen (secondary N) is 1. The number of nitro groups is 1. The molecule has 2 aromatic rings. The van der Waals surface area contributed by atoms with Gasteiger partial charge in [-0.05, 0) is 6.07 Å². The first-order valence-corrected chi connectivity index (χ1v) is 5.57. The van der Waals surface area contributed by atoms with Gasteiger partial charge in [0.05, 0.1) is 22.7 Å². The summed E-state index contributed by atoms with van der Waals surface area (Å²) in [5, 5.41) is 30.1. The quantitative estimate of drug-likeness (QED) is 0.618. The van der Waals surface area contributed by atoms with Crippen LogP contribution in [0.1, 0.15) is 16.2 Å². The maximum absolute atomic E-state index is 11.1. The Labute approximate surface area is 113 Å². The largest absolute Gasteiger partial charge is 0.478 e. The number of nitrogens with zero attached hydrogens (tertiary/aromatic N) is 4. The van der Waals surface area contributed by atoms with E-state index in [4.69, 9.17) is 5.11 Å². The van der Waals surface area contributed by atoms with E-state index >= 15 is 0 Å². The summed E-state index contributed by atoms with van der Waals surface area (Å²) in [4.78, 5) is 21.2. The van der Waals surface area contributed by atoms with E-state index in [1.807, 2.05) is 0 Å². The summed E-state index contributed by atoms with van der Waals surface area (Å²) < 4.78 is 1.66. The summed E-state index contributed by atoms with van der Waals surface area (Å²) >= 11 is 0. The number of hydrogen-bond donors (Lipinski definition) is 2. The van der Waals surface area contributed by atoms with Gasteiger partial charge in [-0.1, -0.05) is 0 Å². The highest BCUT2D eigenvalue weighted by atomic mass is 16.6. The zero-order chi connectivity index (χ0) is 14.7. The molecule has 9 heteroatoms. The average Bonchev–Trinajstić information content (AvgIpc) is 2.81. The maximum atomic E-state index is 11.1. The molecule has 1 aromatic heterocycles. The summed E-state index contributed by atoms with van der Waals surface area (Å²) in [7, 11) is 1.74. The van der Waals surface area contributed by atoms with Crippen molar-refractivity contribution in [3.8, 4) is 0 Å². The lowest BCUT2D eigenvalue weighted by Crippen LogP contribution is -2.10. The van der Waals surface area contributed by atoms with Crippen molar-refractivity contribution in [2.45, 2.75) is 6.54 Å². The molecule has 1 heterocycles. The Balaban J connectivity index is 2.28. The third-order valence-electron chi connectivity index (χ3n) is 2.69. The molecule has 20 heavy (non-hydrogen) atoms. The van der Waals surface area contributed by atoms with Crippen LogP contribution in [0.5, 0.6) is 0 Å². The SMILES string of the molecule is Cn1cnnc1CNc1cc([N+](=O)[O-])ccc1C(=O)O. The normalized spacial score (nSPS) is 10.2. The number of hydrogen-bond acceptors (Lipinski definition) is 6. The first-order chi connectivity index (χ1) is 9.49. The van der Waals surface area contributed by atoms with Crippen molar-refractivity contribution in [3.05, 3.63) is 46.0 Å². The van der Waals surface area contributed by atoms with Crippen LogP contribution in [0, 0.1) is 10.1 Å². The van der Waals surface area contributed by atoms with Crippen molar-refractivity contribution in [3.63, 3.8) is 0 Å². The molecule has 0 radical (unpaired) electrons. The zero-order valence-electron chi connectivity index (χ0n) is 10.5. The van der Waals surface area contributed by atoms with Gasteiger partial charge in [0.2, 0.25) is 0 Å². The summed E-state index contributed by atoms with van der Waals surface area (Å²) in [6.45, 7) is 0.206. The fourth-order valence-corrected chi connectivity index (χ4v) is 1.62. The number of benzene rings is 1. The van der Waals surface area contributed by atoms with Crippen LogP contribution >= 0.6 is 0 Å². The number of nitro benzene ring substituents is 1. The fourth-order valence-electron chi connectivity index (χ4n) is 1.62. The van der Waals surface area contributed by atoms with Gasteiger partial charge in [-0.15, -0.1) is 10.2 Å². The van der Waals surface area contributed by atoms with Gasteiger partial charge in [-0.25, -0.2) is 4.79 Å². The molecule has 0 amide bonds. The van der Waals surface area contributed by atoms with E-state index in [2.05, 4.69) is 15.5 Å². The minimum absolute atomic E-state index is 0.0437. The molecule has 0 aliphatic carbocycles. The number of anilines is 1. The van der Waals surface area contributed by atoms with Gasteiger partial charge in [0.15, 0.2) is 5.82 Å². The second kappa shape index (κ2) is 5.34. The van der Waals surface area contributed by atoms with Crippen LogP contribution in [0.2, 0.25) is 0 Å². The Hall–Kier alpha value is -2.97. The van der Waals surface area contributed by atoms with Gasteiger partial charge < -0.3 is 15.0 Å². The topological polar surface area (TPSA) is 123 Å². The van der Waals surface area contributed by atoms with Gasteiger partial charge in [-0.3, -0.25) is 10.1 Å². The molecule has 1 aromatic carbocycles. The van der Waals surface area contributed by atoms with Crippen molar-refractivity contribution in [2.24, 2.45) is 7.05 Å². The molecule has 9 nitrogen and oxygen atoms in total. The maximum Gasteiger partial charge on any atom is 0.337 e. The Morgan fingerprint density at radius 1 is 1.55 bits per heavy atom. The monoisotopic (exact) mass is 277 g/mol. The number of non-ortho nitro benzene ring substituents is 1. The number of carboxylic acid groups (broad SMARTS) is 1. The van der Waals surface area contributed by atoms with E-state index in [1.165, 1.54) is 18.5 Å². The van der Waals surface area contributed by atoms with Gasteiger partial charge >= 0.3 is 5.97 Å². The summed E-state index contributed by atoms with van der Waals surface area (Å²) in [6, 6.07) is 3.52. The summed E-state index contributed by atoms with van der Waals surface area (Å²) in [5.74, 6) is -0.590. The number of rotatable bonds is 5. The third kappa shape index (κ3) is 2.71. The number of carboxylic acids is 1. The highest BCUT2D eigenvalue weighted by Crippen LogP contribution is 2.23. The second-order valence-electron chi connectivity index (χ2n) is 4.00. The highest BCUT2D eigenvalue weighted by Gasteiger charge is 2.15. The molecule has 0 unspecified atom stereocenters. The summed E-state index contributed by atoms with van der Waals surface area (Å²) in [6.07, 6.45) is 1.50. The highest BCUT2D eigenvalue weighted by molar-refractivity contribution is 5.94. The third-order valence-corrected chi connectivity index (χ3v) is 2.69. The van der Waals surface area contributed by atoms with E-state index in [9.17, 15) is 14.9 Å². The second-order valence-corrected chi connectivity index (χ2v) is 4.00. The number of aryl methyl sites for hydroxylation is 1. The van der Waals surface area contributed by atoms with Crippen LogP contribution in [-0.4, -0.2) is 30.8 Å². The van der Waals surface area contributed by atoms with E-state index < -0.39 is 10.9 Å². The molecule has 0 aliphatic rings. The van der Waals surface area contributed by atoms with Crippen molar-refractivity contribution in [1.82, 2.24) is 14.8 Å². The molecule has 0 aliphatic heterocycles. The van der Waals surface area contributed by atoms with Crippen molar-refractivity contribution >= 4 is 17.3 Å². The molecule has 2 N–H and O–H groups in total. The Morgan fingerprint density at radius 2 is 2.30 bits per heavy atom. The van der Waals surface area contributed by atoms with Crippen LogP contribution in [0.4, 0.5) is 11.4 Å². The van der Waals surface area contributed by atoms with Crippen LogP contribution < -0.4 is 5.32 Å². The van der Waals surface area contributed by atoms with Crippen LogP contribution in [0.25, 0.3) is 0 Å². The van der Waals surface area contributed by atoms with E-state index in [0.717, 1.165) is 6.07 Å². The molecule has 0 fully saturated rings. The fraction of sp³-hybridized carbons (Fsp3) is 0.182. The standard InChI is InChI=1S/C11H11N5O4/c1-15-6-13-14-10(15)5-12-9-4-7(16(19)20)2-3-8(9)11(17)18/h2-4,6,12H,5H2,1H3,(H,17,18). The van der Waals surface area contributed by atoms with Gasteiger partial charge in [-0.2, -0.15) is 0 Å². The number of carbonyl (C=O) groups is 1. The predicted octanol–water partition coefficient (Wildman–Crippen LogP) is 1.03. The van der Waals surface area contributed by atoms with E-state index in [1.54, 1.807) is 11.6 Å². The van der Waals surface area contributed by atoms with Crippen molar-refractivity contribution < 1.29 is 14.8 Å². The smallest absolute Gasteiger partial charge is 0.337 e. The van der Waals surface area contributed by atoms with Crippen molar-refractivity contribution in [1.29, 1.82) is 0 Å².